The van der Waals surface area contributed by atoms with Crippen LogP contribution in [0.25, 0.3) is 15.9 Å². The maximum Gasteiger partial charge on any atom is 0.267 e. The lowest BCUT2D eigenvalue weighted by Gasteiger charge is -2.13. The SMILES string of the molecule is CCc1sc2nc(SCC(=O)c3ccc(Cl)s3)n(-c3cccc(OC)c3)c(=O)c2c1C. The lowest BCUT2D eigenvalue weighted by Crippen LogP contribution is -2.22. The largest absolute Gasteiger partial charge is 0.497 e. The van der Waals surface area contributed by atoms with Crippen molar-refractivity contribution in [2.45, 2.75) is 25.4 Å². The van der Waals surface area contributed by atoms with Gasteiger partial charge in [-0.15, -0.1) is 22.7 Å². The predicted octanol–water partition coefficient (Wildman–Crippen LogP) is 6.02. The molecule has 0 saturated carbocycles. The van der Waals surface area contributed by atoms with E-state index in [-0.39, 0.29) is 17.1 Å². The Morgan fingerprint density at radius 3 is 2.74 bits per heavy atom. The van der Waals surface area contributed by atoms with Crippen molar-refractivity contribution >= 4 is 62.0 Å². The van der Waals surface area contributed by atoms with E-state index in [9.17, 15) is 9.59 Å². The third-order valence-corrected chi connectivity index (χ3v) is 8.39. The van der Waals surface area contributed by atoms with Gasteiger partial charge in [0.05, 0.1) is 33.1 Å². The van der Waals surface area contributed by atoms with Gasteiger partial charge in [-0.2, -0.15) is 0 Å². The highest BCUT2D eigenvalue weighted by Crippen LogP contribution is 2.31. The fourth-order valence-corrected chi connectivity index (χ4v) is 6.41. The van der Waals surface area contributed by atoms with Crippen LogP contribution >= 0.6 is 46.0 Å². The summed E-state index contributed by atoms with van der Waals surface area (Å²) in [4.78, 5) is 33.5. The molecule has 0 atom stereocenters. The van der Waals surface area contributed by atoms with Gasteiger partial charge in [0.15, 0.2) is 10.9 Å². The Morgan fingerprint density at radius 1 is 1.26 bits per heavy atom. The molecular weight excluding hydrogens is 472 g/mol. The van der Waals surface area contributed by atoms with Crippen LogP contribution in [0.3, 0.4) is 0 Å². The quantitative estimate of drug-likeness (QED) is 0.180. The van der Waals surface area contributed by atoms with Gasteiger partial charge in [0.2, 0.25) is 0 Å². The number of Topliss-reactive ketones (excluding diaryl/α,β-unsaturated/α-hetero) is 1. The molecule has 0 N–H and O–H groups in total. The van der Waals surface area contributed by atoms with E-state index < -0.39 is 0 Å². The first-order chi connectivity index (χ1) is 14.9. The van der Waals surface area contributed by atoms with Gasteiger partial charge in [0, 0.05) is 10.9 Å². The fraction of sp³-hybridized carbons (Fsp3) is 0.227. The van der Waals surface area contributed by atoms with Crippen molar-refractivity contribution in [3.63, 3.8) is 0 Å². The Balaban J connectivity index is 1.83. The minimum absolute atomic E-state index is 0.0509. The zero-order chi connectivity index (χ0) is 22.1. The average Bonchev–Trinajstić information content (AvgIpc) is 3.35. The van der Waals surface area contributed by atoms with Crippen LogP contribution in [-0.4, -0.2) is 28.2 Å². The van der Waals surface area contributed by atoms with Crippen LogP contribution < -0.4 is 10.3 Å². The number of fused-ring (bicyclic) bond motifs is 1. The van der Waals surface area contributed by atoms with Crippen molar-refractivity contribution in [1.29, 1.82) is 0 Å². The molecule has 160 valence electrons. The summed E-state index contributed by atoms with van der Waals surface area (Å²) >= 11 is 10.00. The number of halogens is 1. The van der Waals surface area contributed by atoms with E-state index in [1.54, 1.807) is 29.9 Å². The van der Waals surface area contributed by atoms with Gasteiger partial charge in [0.1, 0.15) is 10.6 Å². The average molecular weight is 491 g/mol. The first-order valence-electron chi connectivity index (χ1n) is 9.53. The molecule has 5 nitrogen and oxygen atoms in total. The summed E-state index contributed by atoms with van der Waals surface area (Å²) in [5.41, 5.74) is 1.48. The van der Waals surface area contributed by atoms with Crippen molar-refractivity contribution in [3.8, 4) is 11.4 Å². The number of carbonyl (C=O) groups is 1. The molecule has 3 heterocycles. The number of rotatable bonds is 7. The summed E-state index contributed by atoms with van der Waals surface area (Å²) in [5.74, 6) is 0.745. The number of ketones is 1. The lowest BCUT2D eigenvalue weighted by atomic mass is 10.2. The molecule has 0 aliphatic heterocycles. The zero-order valence-corrected chi connectivity index (χ0v) is 20.3. The van der Waals surface area contributed by atoms with Gasteiger partial charge in [-0.3, -0.25) is 14.2 Å². The van der Waals surface area contributed by atoms with Crippen LogP contribution in [0, 0.1) is 6.92 Å². The third-order valence-electron chi connectivity index (χ3n) is 4.85. The van der Waals surface area contributed by atoms with Gasteiger partial charge >= 0.3 is 0 Å². The van der Waals surface area contributed by atoms with Crippen molar-refractivity contribution in [1.82, 2.24) is 9.55 Å². The van der Waals surface area contributed by atoms with E-state index in [2.05, 4.69) is 6.92 Å². The molecule has 4 rings (SSSR count). The first-order valence-corrected chi connectivity index (χ1v) is 12.5. The van der Waals surface area contributed by atoms with Crippen molar-refractivity contribution in [2.24, 2.45) is 0 Å². The maximum atomic E-state index is 13.6. The van der Waals surface area contributed by atoms with E-state index >= 15 is 0 Å². The predicted molar refractivity (Wildman–Crippen MR) is 130 cm³/mol. The number of aromatic nitrogens is 2. The molecule has 31 heavy (non-hydrogen) atoms. The van der Waals surface area contributed by atoms with Crippen LogP contribution in [0.5, 0.6) is 5.75 Å². The topological polar surface area (TPSA) is 61.2 Å². The van der Waals surface area contributed by atoms with E-state index in [1.165, 1.54) is 34.4 Å². The van der Waals surface area contributed by atoms with E-state index in [0.29, 0.717) is 36.0 Å². The van der Waals surface area contributed by atoms with Crippen molar-refractivity contribution < 1.29 is 9.53 Å². The zero-order valence-electron chi connectivity index (χ0n) is 17.1. The second kappa shape index (κ2) is 9.16. The number of nitrogens with zero attached hydrogens (tertiary/aromatic N) is 2. The number of thiophene rings is 2. The molecular formula is C22H19ClN2O3S3. The van der Waals surface area contributed by atoms with Gasteiger partial charge in [-0.25, -0.2) is 4.98 Å². The molecule has 0 fully saturated rings. The molecule has 0 spiro atoms. The Hall–Kier alpha value is -2.13. The Morgan fingerprint density at radius 2 is 2.06 bits per heavy atom. The molecule has 0 aliphatic rings. The van der Waals surface area contributed by atoms with Gasteiger partial charge in [-0.05, 0) is 43.2 Å². The van der Waals surface area contributed by atoms with Crippen LogP contribution in [0.4, 0.5) is 0 Å². The molecule has 0 unspecified atom stereocenters. The number of hydrogen-bond donors (Lipinski definition) is 0. The summed E-state index contributed by atoms with van der Waals surface area (Å²) in [7, 11) is 1.58. The molecule has 0 amide bonds. The summed E-state index contributed by atoms with van der Waals surface area (Å²) < 4.78 is 7.49. The van der Waals surface area contributed by atoms with Crippen molar-refractivity contribution in [3.05, 3.63) is 66.4 Å². The number of hydrogen-bond acceptors (Lipinski definition) is 7. The van der Waals surface area contributed by atoms with Gasteiger partial charge < -0.3 is 4.74 Å². The Bertz CT molecular complexity index is 1340. The first kappa shape index (κ1) is 22.1. The van der Waals surface area contributed by atoms with E-state index in [0.717, 1.165) is 16.9 Å². The number of ether oxygens (including phenoxy) is 1. The standard InChI is InChI=1S/C22H19ClN2O3S3/c1-4-16-12(2)19-20(31-16)24-22(29-11-15(26)17-8-9-18(23)30-17)25(21(19)27)13-6-5-7-14(10-13)28-3/h5-10H,4,11H2,1-3H3. The minimum Gasteiger partial charge on any atom is -0.497 e. The van der Waals surface area contributed by atoms with Crippen LogP contribution in [0.2, 0.25) is 4.34 Å². The summed E-state index contributed by atoms with van der Waals surface area (Å²) in [6.07, 6.45) is 0.839. The second-order valence-electron chi connectivity index (χ2n) is 6.74. The molecule has 0 aliphatic carbocycles. The number of aryl methyl sites for hydroxylation is 2. The van der Waals surface area contributed by atoms with Gasteiger partial charge in [-0.1, -0.05) is 36.4 Å². The van der Waals surface area contributed by atoms with Crippen LogP contribution in [0.15, 0.2) is 46.3 Å². The molecule has 9 heteroatoms. The summed E-state index contributed by atoms with van der Waals surface area (Å²) in [5, 5.41) is 1.11. The number of carbonyl (C=O) groups excluding carboxylic acids is 1. The highest BCUT2D eigenvalue weighted by molar-refractivity contribution is 7.99. The minimum atomic E-state index is -0.138. The Labute approximate surface area is 196 Å². The number of thioether (sulfide) groups is 1. The molecule has 0 saturated heterocycles. The molecule has 1 aromatic carbocycles. The maximum absolute atomic E-state index is 13.6. The Kier molecular flexibility index (Phi) is 6.52. The highest BCUT2D eigenvalue weighted by Gasteiger charge is 2.20. The molecule has 3 aromatic heterocycles. The lowest BCUT2D eigenvalue weighted by molar-refractivity contribution is 0.102. The normalized spacial score (nSPS) is 11.2. The fourth-order valence-electron chi connectivity index (χ4n) is 3.29. The second-order valence-corrected chi connectivity index (χ2v) is 10.5. The molecule has 0 radical (unpaired) electrons. The number of benzene rings is 1. The summed E-state index contributed by atoms with van der Waals surface area (Å²) in [6, 6.07) is 10.7. The molecule has 0 bridgehead atoms. The third kappa shape index (κ3) is 4.30. The highest BCUT2D eigenvalue weighted by atomic mass is 35.5. The van der Waals surface area contributed by atoms with E-state index in [1.807, 2.05) is 25.1 Å². The summed E-state index contributed by atoms with van der Waals surface area (Å²) in [6.45, 7) is 4.03. The number of methoxy groups -OCH3 is 1. The van der Waals surface area contributed by atoms with Gasteiger partial charge in [0.25, 0.3) is 5.56 Å². The van der Waals surface area contributed by atoms with Crippen LogP contribution in [0.1, 0.15) is 27.0 Å². The van der Waals surface area contributed by atoms with Crippen molar-refractivity contribution in [2.75, 3.05) is 12.9 Å². The molecule has 4 aromatic rings. The smallest absolute Gasteiger partial charge is 0.267 e. The monoisotopic (exact) mass is 490 g/mol. The van der Waals surface area contributed by atoms with Crippen LogP contribution in [-0.2, 0) is 6.42 Å². The van der Waals surface area contributed by atoms with E-state index in [4.69, 9.17) is 21.3 Å².